The number of ketones is 1. The second-order valence-corrected chi connectivity index (χ2v) is 6.79. The Balaban J connectivity index is 1.79. The van der Waals surface area contributed by atoms with Crippen molar-refractivity contribution < 1.29 is 4.79 Å². The summed E-state index contributed by atoms with van der Waals surface area (Å²) in [7, 11) is 0. The van der Waals surface area contributed by atoms with Gasteiger partial charge in [0.05, 0.1) is 5.25 Å². The second-order valence-electron chi connectivity index (χ2n) is 5.05. The Bertz CT molecular complexity index is 736. The molecular weight excluding hydrogens is 310 g/mol. The Morgan fingerprint density at radius 3 is 2.95 bits per heavy atom. The summed E-state index contributed by atoms with van der Waals surface area (Å²) in [5.74, 6) is -0.0275. The number of hydrogen-bond acceptors (Lipinski definition) is 4. The average molecular weight is 324 g/mol. The molecule has 3 rings (SSSR count). The molecule has 110 valence electrons. The van der Waals surface area contributed by atoms with Crippen LogP contribution in [0.5, 0.6) is 0 Å². The number of rotatable bonds is 5. The molecule has 0 amide bonds. The quantitative estimate of drug-likeness (QED) is 0.678. The highest BCUT2D eigenvalue weighted by molar-refractivity contribution is 8.00. The molecule has 1 aromatic carbocycles. The molecule has 1 unspecified atom stereocenters. The van der Waals surface area contributed by atoms with E-state index in [1.165, 1.54) is 11.8 Å². The van der Waals surface area contributed by atoms with Crippen molar-refractivity contribution in [1.82, 2.24) is 14.8 Å². The average Bonchev–Trinajstić information content (AvgIpc) is 3.23. The monoisotopic (exact) mass is 323 g/mol. The summed E-state index contributed by atoms with van der Waals surface area (Å²) in [5, 5.41) is 7.25. The van der Waals surface area contributed by atoms with Gasteiger partial charge in [0.15, 0.2) is 10.9 Å². The zero-order valence-corrected chi connectivity index (χ0v) is 12.9. The van der Waals surface area contributed by atoms with Gasteiger partial charge in [0.25, 0.3) is 0 Å². The molecule has 0 aliphatic heterocycles. The topological polar surface area (TPSA) is 67.8 Å². The first-order valence-electron chi connectivity index (χ1n) is 6.69. The molecule has 5 nitrogen and oxygen atoms in total. The Morgan fingerprint density at radius 2 is 2.29 bits per heavy atom. The van der Waals surface area contributed by atoms with Gasteiger partial charge >= 0.3 is 5.69 Å². The lowest BCUT2D eigenvalue weighted by molar-refractivity contribution is 0.0994. The summed E-state index contributed by atoms with van der Waals surface area (Å²) in [6, 6.07) is 7.10. The molecule has 0 bridgehead atoms. The molecule has 0 saturated heterocycles. The lowest BCUT2D eigenvalue weighted by Gasteiger charge is -2.10. The highest BCUT2D eigenvalue weighted by Gasteiger charge is 2.30. The number of aromatic amines is 1. The minimum absolute atomic E-state index is 0.0275. The molecule has 1 aromatic heterocycles. The van der Waals surface area contributed by atoms with Crippen molar-refractivity contribution in [2.45, 2.75) is 36.2 Å². The Morgan fingerprint density at radius 1 is 1.52 bits per heavy atom. The maximum absolute atomic E-state index is 12.4. The number of nitrogens with one attached hydrogen (secondary N) is 1. The molecule has 1 atom stereocenters. The summed E-state index contributed by atoms with van der Waals surface area (Å²) in [4.78, 5) is 24.1. The number of hydrogen-bond donors (Lipinski definition) is 1. The van der Waals surface area contributed by atoms with Crippen molar-refractivity contribution in [2.75, 3.05) is 0 Å². The van der Waals surface area contributed by atoms with Crippen LogP contribution < -0.4 is 5.69 Å². The van der Waals surface area contributed by atoms with Crippen LogP contribution in [0.15, 0.2) is 34.2 Å². The molecule has 1 heterocycles. The molecule has 0 spiro atoms. The van der Waals surface area contributed by atoms with Crippen LogP contribution in [0.3, 0.4) is 0 Å². The van der Waals surface area contributed by atoms with Gasteiger partial charge in [-0.15, -0.1) is 5.10 Å². The number of H-pyrrole nitrogens is 1. The van der Waals surface area contributed by atoms with E-state index in [9.17, 15) is 9.59 Å². The maximum atomic E-state index is 12.4. The molecule has 1 aliphatic rings. The third kappa shape index (κ3) is 3.06. The van der Waals surface area contributed by atoms with Gasteiger partial charge in [0, 0.05) is 16.6 Å². The zero-order chi connectivity index (χ0) is 15.0. The van der Waals surface area contributed by atoms with Crippen LogP contribution in [0.1, 0.15) is 36.2 Å². The van der Waals surface area contributed by atoms with Gasteiger partial charge in [0.1, 0.15) is 0 Å². The normalized spacial score (nSPS) is 15.9. The van der Waals surface area contributed by atoms with Crippen LogP contribution in [0.4, 0.5) is 0 Å². The first-order chi connectivity index (χ1) is 10.1. The molecule has 1 fully saturated rings. The fourth-order valence-corrected chi connectivity index (χ4v) is 3.31. The number of nitrogens with zero attached hydrogens (tertiary/aromatic N) is 2. The van der Waals surface area contributed by atoms with E-state index >= 15 is 0 Å². The fraction of sp³-hybridized carbons (Fsp3) is 0.357. The lowest BCUT2D eigenvalue weighted by atomic mass is 10.1. The van der Waals surface area contributed by atoms with E-state index in [0.29, 0.717) is 15.7 Å². The summed E-state index contributed by atoms with van der Waals surface area (Å²) < 4.78 is 1.65. The van der Waals surface area contributed by atoms with E-state index in [2.05, 4.69) is 10.2 Å². The smallest absolute Gasteiger partial charge is 0.293 e. The van der Waals surface area contributed by atoms with E-state index < -0.39 is 0 Å². The van der Waals surface area contributed by atoms with Crippen molar-refractivity contribution in [3.05, 3.63) is 45.3 Å². The van der Waals surface area contributed by atoms with Gasteiger partial charge in [-0.3, -0.25) is 9.36 Å². The predicted octanol–water partition coefficient (Wildman–Crippen LogP) is 2.92. The van der Waals surface area contributed by atoms with Crippen molar-refractivity contribution in [3.63, 3.8) is 0 Å². The highest BCUT2D eigenvalue weighted by atomic mass is 35.5. The number of carbonyl (C=O) groups excluding carboxylic acids is 1. The van der Waals surface area contributed by atoms with Crippen molar-refractivity contribution in [1.29, 1.82) is 0 Å². The first kappa shape index (κ1) is 14.4. The van der Waals surface area contributed by atoms with Gasteiger partial charge in [-0.2, -0.15) is 0 Å². The SMILES string of the molecule is CC(Sc1n[nH]c(=O)n1C1CC1)C(=O)c1cccc(Cl)c1. The van der Waals surface area contributed by atoms with E-state index in [1.807, 2.05) is 6.92 Å². The minimum Gasteiger partial charge on any atom is -0.293 e. The number of benzene rings is 1. The van der Waals surface area contributed by atoms with E-state index in [4.69, 9.17) is 11.6 Å². The molecule has 1 aliphatic carbocycles. The van der Waals surface area contributed by atoms with Gasteiger partial charge in [-0.1, -0.05) is 35.5 Å². The van der Waals surface area contributed by atoms with Gasteiger partial charge in [0.2, 0.25) is 0 Å². The van der Waals surface area contributed by atoms with E-state index in [1.54, 1.807) is 28.8 Å². The van der Waals surface area contributed by atoms with Crippen LogP contribution in [-0.2, 0) is 0 Å². The lowest BCUT2D eigenvalue weighted by Crippen LogP contribution is -2.18. The fourth-order valence-electron chi connectivity index (χ4n) is 2.12. The summed E-state index contributed by atoms with van der Waals surface area (Å²) in [6.07, 6.45) is 1.98. The van der Waals surface area contributed by atoms with Crippen LogP contribution in [0, 0.1) is 0 Å². The Labute approximate surface area is 130 Å². The second kappa shape index (κ2) is 5.69. The highest BCUT2D eigenvalue weighted by Crippen LogP contribution is 2.37. The minimum atomic E-state index is -0.337. The maximum Gasteiger partial charge on any atom is 0.344 e. The standard InChI is InChI=1S/C14H14ClN3O2S/c1-8(12(19)9-3-2-4-10(15)7-9)21-14-17-16-13(20)18(14)11-5-6-11/h2-4,7-8,11H,5-6H2,1H3,(H,16,20). The van der Waals surface area contributed by atoms with Crippen molar-refractivity contribution >= 4 is 29.1 Å². The predicted molar refractivity (Wildman–Crippen MR) is 82.2 cm³/mol. The Hall–Kier alpha value is -1.53. The largest absolute Gasteiger partial charge is 0.344 e. The summed E-state index contributed by atoms with van der Waals surface area (Å²) in [5.41, 5.74) is 0.362. The molecule has 7 heteroatoms. The van der Waals surface area contributed by atoms with Crippen LogP contribution in [0.25, 0.3) is 0 Å². The summed E-state index contributed by atoms with van der Waals surface area (Å²) in [6.45, 7) is 1.81. The van der Waals surface area contributed by atoms with Crippen molar-refractivity contribution in [2.24, 2.45) is 0 Å². The van der Waals surface area contributed by atoms with Gasteiger partial charge in [-0.05, 0) is 31.9 Å². The molecule has 1 N–H and O–H groups in total. The third-order valence-electron chi connectivity index (χ3n) is 3.34. The van der Waals surface area contributed by atoms with Crippen LogP contribution in [-0.4, -0.2) is 25.8 Å². The first-order valence-corrected chi connectivity index (χ1v) is 7.95. The van der Waals surface area contributed by atoms with Gasteiger partial charge in [-0.25, -0.2) is 9.89 Å². The van der Waals surface area contributed by atoms with Crippen LogP contribution in [0.2, 0.25) is 5.02 Å². The van der Waals surface area contributed by atoms with E-state index in [-0.39, 0.29) is 22.8 Å². The number of carbonyl (C=O) groups is 1. The van der Waals surface area contributed by atoms with Gasteiger partial charge < -0.3 is 0 Å². The number of halogens is 1. The molecule has 0 radical (unpaired) electrons. The third-order valence-corrected chi connectivity index (χ3v) is 4.65. The molecule has 21 heavy (non-hydrogen) atoms. The summed E-state index contributed by atoms with van der Waals surface area (Å²) >= 11 is 7.21. The zero-order valence-electron chi connectivity index (χ0n) is 11.4. The van der Waals surface area contributed by atoms with Crippen LogP contribution >= 0.6 is 23.4 Å². The number of aromatic nitrogens is 3. The molecule has 1 saturated carbocycles. The molecular formula is C14H14ClN3O2S. The number of Topliss-reactive ketones (excluding diaryl/α,β-unsaturated/α-hetero) is 1. The number of thioether (sulfide) groups is 1. The Kier molecular flexibility index (Phi) is 3.91. The van der Waals surface area contributed by atoms with E-state index in [0.717, 1.165) is 12.8 Å². The molecule has 2 aromatic rings. The van der Waals surface area contributed by atoms with Crippen molar-refractivity contribution in [3.8, 4) is 0 Å².